The van der Waals surface area contributed by atoms with Crippen LogP contribution < -0.4 is 21.9 Å². The summed E-state index contributed by atoms with van der Waals surface area (Å²) in [4.78, 5) is 44.4. The third-order valence-corrected chi connectivity index (χ3v) is 5.22. The van der Waals surface area contributed by atoms with Gasteiger partial charge in [-0.15, -0.1) is 0 Å². The van der Waals surface area contributed by atoms with Crippen molar-refractivity contribution >= 4 is 17.4 Å². The van der Waals surface area contributed by atoms with E-state index >= 15 is 0 Å². The van der Waals surface area contributed by atoms with Crippen LogP contribution in [0.15, 0.2) is 39.9 Å². The second kappa shape index (κ2) is 12.2. The highest BCUT2D eigenvalue weighted by atomic mass is 16.2. The number of H-pyrrole nitrogens is 1. The molecule has 176 valence electrons. The maximum Gasteiger partial charge on any atom is 0.330 e. The number of hydrogen-bond donors (Lipinski definition) is 2. The fourth-order valence-electron chi connectivity index (χ4n) is 3.71. The SMILES string of the molecule is CCCCN(C(=O)CN(CCC)Cc1ccccc1)c1c(N)n(CC(C)C)c(=O)[nH]c1=O. The fraction of sp³-hybridized carbons (Fsp3) is 0.542. The number of aromatic nitrogens is 2. The van der Waals surface area contributed by atoms with Crippen molar-refractivity contribution in [2.24, 2.45) is 5.92 Å². The molecule has 2 aromatic rings. The Labute approximate surface area is 190 Å². The third-order valence-electron chi connectivity index (χ3n) is 5.22. The van der Waals surface area contributed by atoms with E-state index in [1.54, 1.807) is 0 Å². The molecule has 8 nitrogen and oxygen atoms in total. The van der Waals surface area contributed by atoms with Gasteiger partial charge in [0.2, 0.25) is 5.91 Å². The van der Waals surface area contributed by atoms with E-state index in [2.05, 4.69) is 16.8 Å². The molecule has 1 heterocycles. The largest absolute Gasteiger partial charge is 0.383 e. The number of rotatable bonds is 12. The maximum atomic E-state index is 13.4. The Bertz CT molecular complexity index is 981. The van der Waals surface area contributed by atoms with Crippen molar-refractivity contribution in [2.45, 2.75) is 60.0 Å². The molecule has 32 heavy (non-hydrogen) atoms. The lowest BCUT2D eigenvalue weighted by Gasteiger charge is -2.28. The molecule has 8 heteroatoms. The Morgan fingerprint density at radius 1 is 1.09 bits per heavy atom. The Hall–Kier alpha value is -2.87. The van der Waals surface area contributed by atoms with Gasteiger partial charge in [-0.1, -0.05) is 64.4 Å². The van der Waals surface area contributed by atoms with Crippen LogP contribution in [-0.4, -0.2) is 40.0 Å². The van der Waals surface area contributed by atoms with Crippen LogP contribution in [0.4, 0.5) is 11.5 Å². The van der Waals surface area contributed by atoms with Crippen LogP contribution in [0.3, 0.4) is 0 Å². The number of carbonyl (C=O) groups is 1. The van der Waals surface area contributed by atoms with Gasteiger partial charge in [0.15, 0.2) is 5.69 Å². The topological polar surface area (TPSA) is 104 Å². The van der Waals surface area contributed by atoms with Crippen molar-refractivity contribution in [1.82, 2.24) is 14.5 Å². The number of hydrogen-bond acceptors (Lipinski definition) is 5. The summed E-state index contributed by atoms with van der Waals surface area (Å²) in [7, 11) is 0. The predicted molar refractivity (Wildman–Crippen MR) is 130 cm³/mol. The van der Waals surface area contributed by atoms with E-state index < -0.39 is 11.2 Å². The minimum absolute atomic E-state index is 0.0435. The Kier molecular flexibility index (Phi) is 9.71. The summed E-state index contributed by atoms with van der Waals surface area (Å²) in [5.41, 5.74) is 6.31. The van der Waals surface area contributed by atoms with Crippen LogP contribution in [0, 0.1) is 5.92 Å². The van der Waals surface area contributed by atoms with Crippen LogP contribution in [0.5, 0.6) is 0 Å². The molecule has 1 aromatic heterocycles. The van der Waals surface area contributed by atoms with Crippen molar-refractivity contribution in [1.29, 1.82) is 0 Å². The summed E-state index contributed by atoms with van der Waals surface area (Å²) in [5, 5.41) is 0. The van der Waals surface area contributed by atoms with Gasteiger partial charge in [0.1, 0.15) is 5.82 Å². The minimum atomic E-state index is -0.623. The number of nitrogens with one attached hydrogen (secondary N) is 1. The standard InChI is InChI=1S/C24H37N5O3/c1-5-7-14-28(21-22(25)29(15-18(3)4)24(32)26-23(21)31)20(30)17-27(13-6-2)16-19-11-9-8-10-12-19/h8-12,18H,5-7,13-17,25H2,1-4H3,(H,26,31,32). The Balaban J connectivity index is 2.39. The molecule has 3 N–H and O–H groups in total. The summed E-state index contributed by atoms with van der Waals surface area (Å²) in [5.74, 6) is -0.00348. The van der Waals surface area contributed by atoms with Crippen LogP contribution >= 0.6 is 0 Å². The number of nitrogens with two attached hydrogens (primary N) is 1. The number of benzene rings is 1. The zero-order valence-electron chi connectivity index (χ0n) is 19.8. The molecule has 0 atom stereocenters. The minimum Gasteiger partial charge on any atom is -0.383 e. The van der Waals surface area contributed by atoms with Gasteiger partial charge in [0.05, 0.1) is 6.54 Å². The maximum absolute atomic E-state index is 13.4. The first-order valence-electron chi connectivity index (χ1n) is 11.5. The summed E-state index contributed by atoms with van der Waals surface area (Å²) < 4.78 is 1.35. The third kappa shape index (κ3) is 6.82. The van der Waals surface area contributed by atoms with Crippen molar-refractivity contribution in [3.05, 3.63) is 56.7 Å². The molecule has 0 saturated heterocycles. The van der Waals surface area contributed by atoms with E-state index in [4.69, 9.17) is 5.73 Å². The molecule has 1 aromatic carbocycles. The molecule has 2 rings (SSSR count). The normalized spacial score (nSPS) is 11.3. The summed E-state index contributed by atoms with van der Waals surface area (Å²) in [6.45, 7) is 10.3. The van der Waals surface area contributed by atoms with Gasteiger partial charge in [0, 0.05) is 19.6 Å². The number of amides is 1. The van der Waals surface area contributed by atoms with Gasteiger partial charge >= 0.3 is 5.69 Å². The van der Waals surface area contributed by atoms with Gasteiger partial charge in [-0.05, 0) is 30.9 Å². The highest BCUT2D eigenvalue weighted by Crippen LogP contribution is 2.19. The Morgan fingerprint density at radius 2 is 1.78 bits per heavy atom. The second-order valence-electron chi connectivity index (χ2n) is 8.59. The highest BCUT2D eigenvalue weighted by Gasteiger charge is 2.25. The van der Waals surface area contributed by atoms with Gasteiger partial charge in [0.25, 0.3) is 5.56 Å². The summed E-state index contributed by atoms with van der Waals surface area (Å²) >= 11 is 0. The molecule has 0 radical (unpaired) electrons. The first-order valence-corrected chi connectivity index (χ1v) is 11.5. The van der Waals surface area contributed by atoms with Gasteiger partial charge in [-0.25, -0.2) is 4.79 Å². The number of nitrogen functional groups attached to an aromatic ring is 1. The molecular weight excluding hydrogens is 406 g/mol. The number of aromatic amines is 1. The number of nitrogens with zero attached hydrogens (tertiary/aromatic N) is 3. The molecule has 0 saturated carbocycles. The zero-order chi connectivity index (χ0) is 23.7. The molecule has 0 aliphatic heterocycles. The highest BCUT2D eigenvalue weighted by molar-refractivity contribution is 5.96. The molecule has 0 unspecified atom stereocenters. The predicted octanol–water partition coefficient (Wildman–Crippen LogP) is 2.82. The van der Waals surface area contributed by atoms with E-state index in [0.29, 0.717) is 19.6 Å². The fourth-order valence-corrected chi connectivity index (χ4v) is 3.71. The number of carbonyl (C=O) groups excluding carboxylic acids is 1. The van der Waals surface area contributed by atoms with E-state index in [1.165, 1.54) is 9.47 Å². The van der Waals surface area contributed by atoms with Gasteiger partial charge in [-0.2, -0.15) is 0 Å². The molecule has 0 fully saturated rings. The smallest absolute Gasteiger partial charge is 0.330 e. The lowest BCUT2D eigenvalue weighted by atomic mass is 10.2. The monoisotopic (exact) mass is 443 g/mol. The lowest BCUT2D eigenvalue weighted by Crippen LogP contribution is -2.45. The Morgan fingerprint density at radius 3 is 2.38 bits per heavy atom. The second-order valence-corrected chi connectivity index (χ2v) is 8.59. The number of anilines is 2. The van der Waals surface area contributed by atoms with Gasteiger partial charge in [-0.3, -0.25) is 24.0 Å². The van der Waals surface area contributed by atoms with Crippen molar-refractivity contribution in [2.75, 3.05) is 30.3 Å². The zero-order valence-corrected chi connectivity index (χ0v) is 19.8. The van der Waals surface area contributed by atoms with E-state index in [9.17, 15) is 14.4 Å². The van der Waals surface area contributed by atoms with Crippen molar-refractivity contribution in [3.8, 4) is 0 Å². The van der Waals surface area contributed by atoms with Crippen LogP contribution in [-0.2, 0) is 17.9 Å². The first-order chi connectivity index (χ1) is 15.3. The quantitative estimate of drug-likeness (QED) is 0.525. The molecule has 0 aliphatic carbocycles. The molecule has 0 spiro atoms. The molecule has 1 amide bonds. The lowest BCUT2D eigenvalue weighted by molar-refractivity contribution is -0.119. The average Bonchev–Trinajstić information content (AvgIpc) is 2.74. The molecule has 0 bridgehead atoms. The van der Waals surface area contributed by atoms with Crippen molar-refractivity contribution < 1.29 is 4.79 Å². The molecular formula is C24H37N5O3. The first kappa shape index (κ1) is 25.4. The molecule has 0 aliphatic rings. The van der Waals surface area contributed by atoms with Crippen LogP contribution in [0.2, 0.25) is 0 Å². The van der Waals surface area contributed by atoms with Gasteiger partial charge < -0.3 is 10.6 Å². The van der Waals surface area contributed by atoms with E-state index in [-0.39, 0.29) is 29.9 Å². The van der Waals surface area contributed by atoms with Crippen molar-refractivity contribution in [3.63, 3.8) is 0 Å². The van der Waals surface area contributed by atoms with E-state index in [0.717, 1.165) is 31.4 Å². The van der Waals surface area contributed by atoms with Crippen LogP contribution in [0.25, 0.3) is 0 Å². The summed E-state index contributed by atoms with van der Waals surface area (Å²) in [6.07, 6.45) is 2.48. The van der Waals surface area contributed by atoms with E-state index in [1.807, 2.05) is 51.1 Å². The number of unbranched alkanes of at least 4 members (excludes halogenated alkanes) is 1. The summed E-state index contributed by atoms with van der Waals surface area (Å²) in [6, 6.07) is 9.99. The average molecular weight is 444 g/mol. The van der Waals surface area contributed by atoms with Crippen LogP contribution in [0.1, 0.15) is 52.5 Å².